The first kappa shape index (κ1) is 17.8. The molecule has 2 aliphatic rings. The van der Waals surface area contributed by atoms with Gasteiger partial charge < -0.3 is 5.32 Å². The Morgan fingerprint density at radius 1 is 1.08 bits per heavy atom. The summed E-state index contributed by atoms with van der Waals surface area (Å²) in [7, 11) is 0. The van der Waals surface area contributed by atoms with Crippen molar-refractivity contribution >= 4 is 0 Å². The van der Waals surface area contributed by atoms with E-state index in [0.717, 1.165) is 18.4 Å². The highest BCUT2D eigenvalue weighted by Crippen LogP contribution is 2.49. The number of hydrogen-bond donors (Lipinski definition) is 1. The zero-order valence-electron chi connectivity index (χ0n) is 16.6. The molecule has 0 heterocycles. The van der Waals surface area contributed by atoms with E-state index in [1.54, 1.807) is 11.1 Å². The average Bonchev–Trinajstić information content (AvgIpc) is 2.67. The molecule has 0 spiro atoms. The number of hydrogen-bond acceptors (Lipinski definition) is 1. The van der Waals surface area contributed by atoms with Gasteiger partial charge in [0.2, 0.25) is 0 Å². The number of benzene rings is 2. The maximum Gasteiger partial charge on any atom is 0.0210 e. The third kappa shape index (κ3) is 3.34. The van der Waals surface area contributed by atoms with Crippen LogP contribution in [0.1, 0.15) is 80.5 Å². The summed E-state index contributed by atoms with van der Waals surface area (Å²) in [4.78, 5) is 0. The quantitative estimate of drug-likeness (QED) is 0.695. The summed E-state index contributed by atoms with van der Waals surface area (Å²) in [5.41, 5.74) is 6.44. The Hall–Kier alpha value is -1.60. The molecule has 0 bridgehead atoms. The van der Waals surface area contributed by atoms with Gasteiger partial charge in [0.1, 0.15) is 0 Å². The van der Waals surface area contributed by atoms with E-state index in [1.165, 1.54) is 43.2 Å². The van der Waals surface area contributed by atoms with Crippen LogP contribution in [0, 0.1) is 5.92 Å². The van der Waals surface area contributed by atoms with Crippen LogP contribution in [0.3, 0.4) is 0 Å². The lowest BCUT2D eigenvalue weighted by molar-refractivity contribution is 0.118. The van der Waals surface area contributed by atoms with E-state index in [-0.39, 0.29) is 5.54 Å². The second-order valence-corrected chi connectivity index (χ2v) is 9.01. The molecule has 4 rings (SSSR count). The first-order valence-electron chi connectivity index (χ1n) is 10.5. The predicted molar refractivity (Wildman–Crippen MR) is 111 cm³/mol. The Bertz CT molecular complexity index is 748. The molecule has 1 N–H and O–H groups in total. The normalized spacial score (nSPS) is 27.8. The van der Waals surface area contributed by atoms with Crippen molar-refractivity contribution in [2.24, 2.45) is 5.92 Å². The van der Waals surface area contributed by atoms with E-state index in [0.29, 0.717) is 5.92 Å². The molecule has 3 atom stereocenters. The van der Waals surface area contributed by atoms with Gasteiger partial charge in [0, 0.05) is 12.1 Å². The van der Waals surface area contributed by atoms with Gasteiger partial charge in [-0.1, -0.05) is 68.8 Å². The van der Waals surface area contributed by atoms with Crippen molar-refractivity contribution in [2.45, 2.75) is 76.8 Å². The molecular formula is C25H33N. The molecule has 0 aliphatic heterocycles. The van der Waals surface area contributed by atoms with Crippen molar-refractivity contribution in [1.29, 1.82) is 0 Å². The minimum Gasteiger partial charge on any atom is -0.307 e. The lowest BCUT2D eigenvalue weighted by atomic mass is 9.60. The third-order valence-corrected chi connectivity index (χ3v) is 7.01. The first-order chi connectivity index (χ1) is 12.6. The van der Waals surface area contributed by atoms with Crippen LogP contribution in [0.25, 0.3) is 0 Å². The molecule has 138 valence electrons. The zero-order chi connectivity index (χ0) is 18.1. The number of rotatable bonds is 4. The second-order valence-electron chi connectivity index (χ2n) is 9.01. The minimum absolute atomic E-state index is 0.257. The van der Waals surface area contributed by atoms with Crippen LogP contribution < -0.4 is 5.32 Å². The van der Waals surface area contributed by atoms with Gasteiger partial charge in [0.05, 0.1) is 0 Å². The summed E-state index contributed by atoms with van der Waals surface area (Å²) >= 11 is 0. The van der Waals surface area contributed by atoms with E-state index >= 15 is 0 Å². The van der Waals surface area contributed by atoms with E-state index in [1.807, 2.05) is 0 Å². The van der Waals surface area contributed by atoms with Crippen LogP contribution >= 0.6 is 0 Å². The fourth-order valence-corrected chi connectivity index (χ4v) is 5.41. The Morgan fingerprint density at radius 2 is 1.88 bits per heavy atom. The Kier molecular flexibility index (Phi) is 4.92. The summed E-state index contributed by atoms with van der Waals surface area (Å²) < 4.78 is 0. The molecule has 1 fully saturated rings. The van der Waals surface area contributed by atoms with Crippen molar-refractivity contribution in [3.05, 3.63) is 70.8 Å². The van der Waals surface area contributed by atoms with E-state index in [4.69, 9.17) is 0 Å². The van der Waals surface area contributed by atoms with Gasteiger partial charge in [-0.25, -0.2) is 0 Å². The summed E-state index contributed by atoms with van der Waals surface area (Å²) in [5.74, 6) is 2.13. The minimum atomic E-state index is 0.257. The smallest absolute Gasteiger partial charge is 0.0210 e. The van der Waals surface area contributed by atoms with Crippen LogP contribution in [0.4, 0.5) is 0 Å². The number of nitrogens with one attached hydrogen (secondary N) is 1. The first-order valence-corrected chi connectivity index (χ1v) is 10.5. The fourth-order valence-electron chi connectivity index (χ4n) is 5.41. The molecule has 0 radical (unpaired) electrons. The molecule has 0 aromatic heterocycles. The highest BCUT2D eigenvalue weighted by atomic mass is 15.0. The lowest BCUT2D eigenvalue weighted by Gasteiger charge is -2.50. The van der Waals surface area contributed by atoms with Gasteiger partial charge in [-0.15, -0.1) is 0 Å². The highest BCUT2D eigenvalue weighted by Gasteiger charge is 2.44. The standard InChI is InChI=1S/C25H33N/c1-18(2)20-11-13-22-21(16-20)12-14-24-23(22)10-7-15-25(24,3)26-17-19-8-5-4-6-9-19/h4-6,8-9,11,13,16,18,23-24,26H,7,10,12,14-15,17H2,1-3H3/t23-,24-,25+/m0/s1. The van der Waals surface area contributed by atoms with E-state index in [2.05, 4.69) is 74.6 Å². The molecule has 1 nitrogen and oxygen atoms in total. The van der Waals surface area contributed by atoms with Crippen molar-refractivity contribution < 1.29 is 0 Å². The Morgan fingerprint density at radius 3 is 2.65 bits per heavy atom. The maximum absolute atomic E-state index is 3.97. The third-order valence-electron chi connectivity index (χ3n) is 7.01. The van der Waals surface area contributed by atoms with Gasteiger partial charge in [0.15, 0.2) is 0 Å². The molecule has 0 amide bonds. The molecule has 1 saturated carbocycles. The van der Waals surface area contributed by atoms with Crippen molar-refractivity contribution in [3.63, 3.8) is 0 Å². The Labute approximate surface area is 159 Å². The summed E-state index contributed by atoms with van der Waals surface area (Å²) in [6.07, 6.45) is 6.59. The lowest BCUT2D eigenvalue weighted by Crippen LogP contribution is -2.53. The monoisotopic (exact) mass is 347 g/mol. The molecule has 2 aromatic rings. The second kappa shape index (κ2) is 7.19. The number of fused-ring (bicyclic) bond motifs is 3. The van der Waals surface area contributed by atoms with Gasteiger partial charge in [-0.05, 0) is 72.6 Å². The molecule has 26 heavy (non-hydrogen) atoms. The molecule has 0 saturated heterocycles. The summed E-state index contributed by atoms with van der Waals surface area (Å²) in [6, 6.07) is 18.2. The van der Waals surface area contributed by atoms with Gasteiger partial charge >= 0.3 is 0 Å². The van der Waals surface area contributed by atoms with Crippen LogP contribution in [0.2, 0.25) is 0 Å². The van der Waals surface area contributed by atoms with E-state index in [9.17, 15) is 0 Å². The maximum atomic E-state index is 3.97. The fraction of sp³-hybridized carbons (Fsp3) is 0.520. The topological polar surface area (TPSA) is 12.0 Å². The van der Waals surface area contributed by atoms with Crippen molar-refractivity contribution in [3.8, 4) is 0 Å². The van der Waals surface area contributed by atoms with Crippen molar-refractivity contribution in [2.75, 3.05) is 0 Å². The predicted octanol–water partition coefficient (Wildman–Crippen LogP) is 6.19. The molecule has 2 aliphatic carbocycles. The zero-order valence-corrected chi connectivity index (χ0v) is 16.6. The van der Waals surface area contributed by atoms with Crippen LogP contribution in [-0.2, 0) is 13.0 Å². The van der Waals surface area contributed by atoms with Crippen LogP contribution in [-0.4, -0.2) is 5.54 Å². The highest BCUT2D eigenvalue weighted by molar-refractivity contribution is 5.39. The average molecular weight is 348 g/mol. The molecule has 0 unspecified atom stereocenters. The van der Waals surface area contributed by atoms with E-state index < -0.39 is 0 Å². The number of aryl methyl sites for hydroxylation is 1. The van der Waals surface area contributed by atoms with Gasteiger partial charge in [-0.2, -0.15) is 0 Å². The molecule has 1 heteroatoms. The largest absolute Gasteiger partial charge is 0.307 e. The van der Waals surface area contributed by atoms with Gasteiger partial charge in [-0.3, -0.25) is 0 Å². The van der Waals surface area contributed by atoms with Gasteiger partial charge in [0.25, 0.3) is 0 Å². The summed E-state index contributed by atoms with van der Waals surface area (Å²) in [5, 5.41) is 3.97. The Balaban J connectivity index is 1.55. The molecule has 2 aromatic carbocycles. The van der Waals surface area contributed by atoms with Crippen molar-refractivity contribution in [1.82, 2.24) is 5.32 Å². The summed E-state index contributed by atoms with van der Waals surface area (Å²) in [6.45, 7) is 8.08. The van der Waals surface area contributed by atoms with Crippen LogP contribution in [0.15, 0.2) is 48.5 Å². The molecular weight excluding hydrogens is 314 g/mol. The SMILES string of the molecule is CC(C)c1ccc2c(c1)CC[C@H]1[C@H]2CCC[C@@]1(C)NCc1ccccc1. The van der Waals surface area contributed by atoms with Crippen LogP contribution in [0.5, 0.6) is 0 Å².